The number of piperazine rings is 1. The molecule has 0 bridgehead atoms. The third-order valence-electron chi connectivity index (χ3n) is 4.42. The number of nitrogens with zero attached hydrogens (tertiary/aromatic N) is 2. The quantitative estimate of drug-likeness (QED) is 0.849. The molecule has 1 saturated heterocycles. The fourth-order valence-corrected chi connectivity index (χ4v) is 3.10. The first-order valence-corrected chi connectivity index (χ1v) is 8.90. The van der Waals surface area contributed by atoms with Gasteiger partial charge in [0.25, 0.3) is 0 Å². The number of hydrogen-bond acceptors (Lipinski definition) is 4. The SMILES string of the molecule is CC(=O)Nc1ccc(NC(=O)CN2CCN(c3ccccc3F)CC2)cc1. The number of rotatable bonds is 5. The van der Waals surface area contributed by atoms with E-state index in [4.69, 9.17) is 0 Å². The van der Waals surface area contributed by atoms with Crippen molar-refractivity contribution < 1.29 is 14.0 Å². The average molecular weight is 370 g/mol. The number of halogens is 1. The van der Waals surface area contributed by atoms with Crippen LogP contribution in [-0.4, -0.2) is 49.4 Å². The third kappa shape index (κ3) is 5.27. The second-order valence-corrected chi connectivity index (χ2v) is 6.52. The Morgan fingerprint density at radius 3 is 2.11 bits per heavy atom. The molecule has 2 N–H and O–H groups in total. The molecule has 0 radical (unpaired) electrons. The van der Waals surface area contributed by atoms with E-state index in [2.05, 4.69) is 15.5 Å². The Morgan fingerprint density at radius 2 is 1.52 bits per heavy atom. The van der Waals surface area contributed by atoms with E-state index < -0.39 is 0 Å². The first kappa shape index (κ1) is 18.8. The topological polar surface area (TPSA) is 64.7 Å². The Hall–Kier alpha value is -2.93. The van der Waals surface area contributed by atoms with E-state index in [-0.39, 0.29) is 17.6 Å². The summed E-state index contributed by atoms with van der Waals surface area (Å²) in [5, 5.41) is 5.54. The van der Waals surface area contributed by atoms with Crippen molar-refractivity contribution in [3.63, 3.8) is 0 Å². The highest BCUT2D eigenvalue weighted by atomic mass is 19.1. The van der Waals surface area contributed by atoms with Crippen molar-refractivity contribution in [3.8, 4) is 0 Å². The van der Waals surface area contributed by atoms with Gasteiger partial charge in [-0.2, -0.15) is 0 Å². The molecule has 1 aliphatic heterocycles. The number of para-hydroxylation sites is 1. The normalized spacial score (nSPS) is 14.7. The summed E-state index contributed by atoms with van der Waals surface area (Å²) in [6, 6.07) is 13.7. The van der Waals surface area contributed by atoms with Crippen LogP contribution in [0.15, 0.2) is 48.5 Å². The lowest BCUT2D eigenvalue weighted by atomic mass is 10.2. The lowest BCUT2D eigenvalue weighted by molar-refractivity contribution is -0.117. The Bertz CT molecular complexity index is 802. The van der Waals surface area contributed by atoms with Gasteiger partial charge in [0.05, 0.1) is 12.2 Å². The smallest absolute Gasteiger partial charge is 0.238 e. The van der Waals surface area contributed by atoms with Gasteiger partial charge in [0.2, 0.25) is 11.8 Å². The maximum atomic E-state index is 13.9. The molecule has 27 heavy (non-hydrogen) atoms. The predicted octanol–water partition coefficient (Wildman–Crippen LogP) is 2.54. The first-order chi connectivity index (χ1) is 13.0. The fraction of sp³-hybridized carbons (Fsp3) is 0.300. The monoisotopic (exact) mass is 370 g/mol. The van der Waals surface area contributed by atoms with Gasteiger partial charge >= 0.3 is 0 Å². The number of hydrogen-bond donors (Lipinski definition) is 2. The zero-order valence-electron chi connectivity index (χ0n) is 15.2. The summed E-state index contributed by atoms with van der Waals surface area (Å²) in [6.45, 7) is 4.49. The minimum Gasteiger partial charge on any atom is -0.367 e. The zero-order valence-corrected chi connectivity index (χ0v) is 15.2. The largest absolute Gasteiger partial charge is 0.367 e. The van der Waals surface area contributed by atoms with Crippen molar-refractivity contribution >= 4 is 28.9 Å². The van der Waals surface area contributed by atoms with Crippen LogP contribution in [0.2, 0.25) is 0 Å². The van der Waals surface area contributed by atoms with Crippen LogP contribution in [0.1, 0.15) is 6.92 Å². The summed E-state index contributed by atoms with van der Waals surface area (Å²) < 4.78 is 13.9. The summed E-state index contributed by atoms with van der Waals surface area (Å²) in [5.41, 5.74) is 1.98. The van der Waals surface area contributed by atoms with E-state index in [1.54, 1.807) is 36.4 Å². The summed E-state index contributed by atoms with van der Waals surface area (Å²) >= 11 is 0. The van der Waals surface area contributed by atoms with Crippen molar-refractivity contribution in [2.24, 2.45) is 0 Å². The molecule has 1 heterocycles. The van der Waals surface area contributed by atoms with Crippen molar-refractivity contribution in [2.75, 3.05) is 48.3 Å². The number of nitrogens with one attached hydrogen (secondary N) is 2. The Kier molecular flexibility index (Phi) is 6.03. The number of carbonyl (C=O) groups excluding carboxylic acids is 2. The van der Waals surface area contributed by atoms with Gasteiger partial charge in [-0.25, -0.2) is 4.39 Å². The van der Waals surface area contributed by atoms with Gasteiger partial charge in [-0.1, -0.05) is 12.1 Å². The highest BCUT2D eigenvalue weighted by Gasteiger charge is 2.20. The number of amides is 2. The number of anilines is 3. The molecule has 0 saturated carbocycles. The van der Waals surface area contributed by atoms with E-state index in [1.807, 2.05) is 11.0 Å². The molecule has 6 nitrogen and oxygen atoms in total. The summed E-state index contributed by atoms with van der Waals surface area (Å²) in [7, 11) is 0. The highest BCUT2D eigenvalue weighted by molar-refractivity contribution is 5.93. The van der Waals surface area contributed by atoms with Crippen LogP contribution in [0.25, 0.3) is 0 Å². The first-order valence-electron chi connectivity index (χ1n) is 8.90. The standard InChI is InChI=1S/C20H23FN4O2/c1-15(26)22-16-6-8-17(9-7-16)23-20(27)14-24-10-12-25(13-11-24)19-5-3-2-4-18(19)21/h2-9H,10-14H2,1H3,(H,22,26)(H,23,27). The fourth-order valence-electron chi connectivity index (χ4n) is 3.10. The molecule has 142 valence electrons. The summed E-state index contributed by atoms with van der Waals surface area (Å²) in [5.74, 6) is -0.450. The van der Waals surface area contributed by atoms with Crippen molar-refractivity contribution in [3.05, 3.63) is 54.3 Å². The minimum absolute atomic E-state index is 0.0957. The second-order valence-electron chi connectivity index (χ2n) is 6.52. The molecule has 1 aliphatic rings. The van der Waals surface area contributed by atoms with Gasteiger partial charge in [0.1, 0.15) is 5.82 Å². The van der Waals surface area contributed by atoms with Gasteiger partial charge < -0.3 is 15.5 Å². The Labute approximate surface area is 158 Å². The van der Waals surface area contributed by atoms with E-state index in [0.29, 0.717) is 49.8 Å². The maximum absolute atomic E-state index is 13.9. The van der Waals surface area contributed by atoms with Gasteiger partial charge in [0, 0.05) is 44.5 Å². The van der Waals surface area contributed by atoms with Crippen LogP contribution in [-0.2, 0) is 9.59 Å². The summed E-state index contributed by atoms with van der Waals surface area (Å²) in [6.07, 6.45) is 0. The number of benzene rings is 2. The molecular formula is C20H23FN4O2. The molecule has 2 aromatic rings. The van der Waals surface area contributed by atoms with E-state index >= 15 is 0 Å². The molecule has 0 aliphatic carbocycles. The highest BCUT2D eigenvalue weighted by Crippen LogP contribution is 2.20. The molecule has 0 atom stereocenters. The molecule has 1 fully saturated rings. The van der Waals surface area contributed by atoms with Gasteiger partial charge in [-0.15, -0.1) is 0 Å². The molecular weight excluding hydrogens is 347 g/mol. The average Bonchev–Trinajstić information content (AvgIpc) is 2.64. The van der Waals surface area contributed by atoms with Gasteiger partial charge in [-0.3, -0.25) is 14.5 Å². The van der Waals surface area contributed by atoms with Gasteiger partial charge in [-0.05, 0) is 36.4 Å². The van der Waals surface area contributed by atoms with Gasteiger partial charge in [0.15, 0.2) is 0 Å². The summed E-state index contributed by atoms with van der Waals surface area (Å²) in [4.78, 5) is 27.3. The Balaban J connectivity index is 1.47. The van der Waals surface area contributed by atoms with E-state index in [0.717, 1.165) is 0 Å². The van der Waals surface area contributed by atoms with E-state index in [1.165, 1.54) is 13.0 Å². The van der Waals surface area contributed by atoms with E-state index in [9.17, 15) is 14.0 Å². The van der Waals surface area contributed by atoms with Crippen LogP contribution in [0, 0.1) is 5.82 Å². The van der Waals surface area contributed by atoms with Crippen molar-refractivity contribution in [2.45, 2.75) is 6.92 Å². The zero-order chi connectivity index (χ0) is 19.2. The lowest BCUT2D eigenvalue weighted by Gasteiger charge is -2.35. The second kappa shape index (κ2) is 8.64. The van der Waals surface area contributed by atoms with Crippen molar-refractivity contribution in [1.29, 1.82) is 0 Å². The molecule has 2 aromatic carbocycles. The molecule has 0 unspecified atom stereocenters. The molecule has 2 amide bonds. The Morgan fingerprint density at radius 1 is 0.926 bits per heavy atom. The van der Waals surface area contributed by atoms with Crippen LogP contribution in [0.5, 0.6) is 0 Å². The van der Waals surface area contributed by atoms with Crippen LogP contribution < -0.4 is 15.5 Å². The third-order valence-corrected chi connectivity index (χ3v) is 4.42. The van der Waals surface area contributed by atoms with Crippen molar-refractivity contribution in [1.82, 2.24) is 4.90 Å². The maximum Gasteiger partial charge on any atom is 0.238 e. The molecule has 0 spiro atoms. The molecule has 0 aromatic heterocycles. The predicted molar refractivity (Wildman–Crippen MR) is 104 cm³/mol. The molecule has 7 heteroatoms. The molecule has 3 rings (SSSR count). The van der Waals surface area contributed by atoms with Crippen LogP contribution >= 0.6 is 0 Å². The van der Waals surface area contributed by atoms with Crippen LogP contribution in [0.4, 0.5) is 21.5 Å². The van der Waals surface area contributed by atoms with Crippen LogP contribution in [0.3, 0.4) is 0 Å². The number of carbonyl (C=O) groups is 2. The lowest BCUT2D eigenvalue weighted by Crippen LogP contribution is -2.48. The minimum atomic E-state index is -0.216.